The number of benzene rings is 2. The van der Waals surface area contributed by atoms with Gasteiger partial charge >= 0.3 is 0 Å². The fourth-order valence-electron chi connectivity index (χ4n) is 3.11. The molecule has 0 aliphatic rings. The SMILES string of the molecule is CCOc1ccc(CCCNC(=O)[C@H](C)N(c2ccc(OC)cc2)S(C)(=O)=O)cc1. The first-order valence-corrected chi connectivity index (χ1v) is 11.7. The van der Waals surface area contributed by atoms with E-state index in [1.54, 1.807) is 31.2 Å². The van der Waals surface area contributed by atoms with Crippen molar-refractivity contribution in [1.82, 2.24) is 5.32 Å². The minimum atomic E-state index is -3.64. The number of hydrogen-bond donors (Lipinski definition) is 1. The van der Waals surface area contributed by atoms with Crippen LogP contribution in [0.25, 0.3) is 0 Å². The highest BCUT2D eigenvalue weighted by Gasteiger charge is 2.28. The van der Waals surface area contributed by atoms with Gasteiger partial charge in [0, 0.05) is 6.54 Å². The third kappa shape index (κ3) is 6.66. The normalized spacial score (nSPS) is 12.1. The van der Waals surface area contributed by atoms with E-state index in [1.807, 2.05) is 31.2 Å². The van der Waals surface area contributed by atoms with Crippen molar-refractivity contribution in [3.05, 3.63) is 54.1 Å². The van der Waals surface area contributed by atoms with Crippen molar-refractivity contribution in [2.24, 2.45) is 0 Å². The summed E-state index contributed by atoms with van der Waals surface area (Å²) < 4.78 is 36.3. The van der Waals surface area contributed by atoms with Crippen LogP contribution >= 0.6 is 0 Å². The Morgan fingerprint density at radius 2 is 1.67 bits per heavy atom. The third-order valence-electron chi connectivity index (χ3n) is 4.59. The minimum absolute atomic E-state index is 0.345. The number of carbonyl (C=O) groups excluding carboxylic acids is 1. The van der Waals surface area contributed by atoms with Gasteiger partial charge in [-0.15, -0.1) is 0 Å². The molecule has 0 heterocycles. The van der Waals surface area contributed by atoms with Crippen LogP contribution in [0.1, 0.15) is 25.8 Å². The van der Waals surface area contributed by atoms with E-state index in [-0.39, 0.29) is 5.91 Å². The van der Waals surface area contributed by atoms with Crippen LogP contribution in [0, 0.1) is 0 Å². The monoisotopic (exact) mass is 434 g/mol. The average Bonchev–Trinajstić information content (AvgIpc) is 2.72. The summed E-state index contributed by atoms with van der Waals surface area (Å²) in [4.78, 5) is 12.6. The molecule has 7 nitrogen and oxygen atoms in total. The summed E-state index contributed by atoms with van der Waals surface area (Å²) in [5, 5.41) is 2.83. The highest BCUT2D eigenvalue weighted by Crippen LogP contribution is 2.23. The molecule has 2 aromatic rings. The van der Waals surface area contributed by atoms with Gasteiger partial charge in [-0.3, -0.25) is 9.10 Å². The van der Waals surface area contributed by atoms with Gasteiger partial charge in [-0.2, -0.15) is 0 Å². The minimum Gasteiger partial charge on any atom is -0.497 e. The lowest BCUT2D eigenvalue weighted by molar-refractivity contribution is -0.121. The molecule has 0 spiro atoms. The quantitative estimate of drug-likeness (QED) is 0.550. The Labute approximate surface area is 179 Å². The number of sulfonamides is 1. The van der Waals surface area contributed by atoms with Gasteiger partial charge in [0.05, 0.1) is 25.7 Å². The average molecular weight is 435 g/mol. The van der Waals surface area contributed by atoms with Crippen LogP contribution in [0.5, 0.6) is 11.5 Å². The van der Waals surface area contributed by atoms with Gasteiger partial charge in [0.25, 0.3) is 0 Å². The van der Waals surface area contributed by atoms with Crippen LogP contribution in [0.3, 0.4) is 0 Å². The van der Waals surface area contributed by atoms with Gasteiger partial charge in [-0.25, -0.2) is 8.42 Å². The van der Waals surface area contributed by atoms with Crippen molar-refractivity contribution < 1.29 is 22.7 Å². The standard InChI is InChI=1S/C22H30N2O5S/c1-5-29-21-12-8-18(9-13-21)7-6-16-23-22(25)17(2)24(30(4,26)27)19-10-14-20(28-3)15-11-19/h8-15,17H,5-7,16H2,1-4H3,(H,23,25)/t17-/m0/s1. The van der Waals surface area contributed by atoms with Crippen molar-refractivity contribution >= 4 is 21.6 Å². The molecular weight excluding hydrogens is 404 g/mol. The van der Waals surface area contributed by atoms with Gasteiger partial charge < -0.3 is 14.8 Å². The Bertz CT molecular complexity index is 912. The van der Waals surface area contributed by atoms with E-state index in [9.17, 15) is 13.2 Å². The van der Waals surface area contributed by atoms with E-state index < -0.39 is 16.1 Å². The molecule has 0 radical (unpaired) electrons. The Balaban J connectivity index is 1.93. The number of aryl methyl sites for hydroxylation is 1. The fourth-order valence-corrected chi connectivity index (χ4v) is 4.28. The molecule has 0 saturated heterocycles. The number of carbonyl (C=O) groups is 1. The molecule has 1 N–H and O–H groups in total. The van der Waals surface area contributed by atoms with E-state index >= 15 is 0 Å². The Morgan fingerprint density at radius 3 is 2.20 bits per heavy atom. The predicted molar refractivity (Wildman–Crippen MR) is 119 cm³/mol. The molecule has 30 heavy (non-hydrogen) atoms. The van der Waals surface area contributed by atoms with Gasteiger partial charge in [0.1, 0.15) is 17.5 Å². The van der Waals surface area contributed by atoms with Crippen molar-refractivity contribution in [1.29, 1.82) is 0 Å². The smallest absolute Gasteiger partial charge is 0.243 e. The Morgan fingerprint density at radius 1 is 1.07 bits per heavy atom. The molecule has 0 aliphatic carbocycles. The molecule has 2 rings (SSSR count). The van der Waals surface area contributed by atoms with E-state index in [1.165, 1.54) is 7.11 Å². The van der Waals surface area contributed by atoms with E-state index in [0.29, 0.717) is 24.6 Å². The van der Waals surface area contributed by atoms with Crippen LogP contribution in [0.4, 0.5) is 5.69 Å². The maximum absolute atomic E-state index is 12.6. The first kappa shape index (κ1) is 23.5. The molecule has 1 amide bonds. The number of hydrogen-bond acceptors (Lipinski definition) is 5. The first-order chi connectivity index (χ1) is 14.3. The third-order valence-corrected chi connectivity index (χ3v) is 5.83. The molecule has 0 fully saturated rings. The van der Waals surface area contributed by atoms with Gasteiger partial charge in [-0.05, 0) is 68.7 Å². The van der Waals surface area contributed by atoms with Crippen molar-refractivity contribution in [2.45, 2.75) is 32.7 Å². The second kappa shape index (κ2) is 10.9. The number of methoxy groups -OCH3 is 1. The summed E-state index contributed by atoms with van der Waals surface area (Å²) in [5.41, 5.74) is 1.56. The van der Waals surface area contributed by atoms with Crippen LogP contribution in [-0.4, -0.2) is 46.9 Å². The molecule has 0 aliphatic heterocycles. The lowest BCUT2D eigenvalue weighted by atomic mass is 10.1. The summed E-state index contributed by atoms with van der Waals surface area (Å²) >= 11 is 0. The second-order valence-corrected chi connectivity index (χ2v) is 8.76. The van der Waals surface area contributed by atoms with E-state index in [4.69, 9.17) is 9.47 Å². The molecule has 0 bridgehead atoms. The highest BCUT2D eigenvalue weighted by molar-refractivity contribution is 7.92. The van der Waals surface area contributed by atoms with Crippen LogP contribution in [-0.2, 0) is 21.2 Å². The summed E-state index contributed by atoms with van der Waals surface area (Å²) in [5.74, 6) is 1.10. The summed E-state index contributed by atoms with van der Waals surface area (Å²) in [6.07, 6.45) is 2.64. The Hall–Kier alpha value is -2.74. The zero-order valence-corrected chi connectivity index (χ0v) is 18.7. The zero-order valence-electron chi connectivity index (χ0n) is 17.9. The van der Waals surface area contributed by atoms with Gasteiger partial charge in [0.15, 0.2) is 0 Å². The number of rotatable bonds is 11. The number of amides is 1. The molecule has 0 saturated carbocycles. The second-order valence-electron chi connectivity index (χ2n) is 6.90. The van der Waals surface area contributed by atoms with Crippen molar-refractivity contribution in [2.75, 3.05) is 30.8 Å². The highest BCUT2D eigenvalue weighted by atomic mass is 32.2. The summed E-state index contributed by atoms with van der Waals surface area (Å²) in [7, 11) is -2.11. The molecule has 0 unspecified atom stereocenters. The fraction of sp³-hybridized carbons (Fsp3) is 0.409. The van der Waals surface area contributed by atoms with Gasteiger partial charge in [0.2, 0.25) is 15.9 Å². The molecular formula is C22H30N2O5S. The van der Waals surface area contributed by atoms with Crippen molar-refractivity contribution in [3.8, 4) is 11.5 Å². The van der Waals surface area contributed by atoms with Crippen LogP contribution < -0.4 is 19.1 Å². The predicted octanol–water partition coefficient (Wildman–Crippen LogP) is 3.00. The maximum atomic E-state index is 12.6. The number of ether oxygens (including phenoxy) is 2. The van der Waals surface area contributed by atoms with Gasteiger partial charge in [-0.1, -0.05) is 12.1 Å². The summed E-state index contributed by atoms with van der Waals surface area (Å²) in [6.45, 7) is 4.60. The number of nitrogens with zero attached hydrogens (tertiary/aromatic N) is 1. The lowest BCUT2D eigenvalue weighted by Gasteiger charge is -2.28. The van der Waals surface area contributed by atoms with Crippen LogP contribution in [0.2, 0.25) is 0 Å². The van der Waals surface area contributed by atoms with Crippen LogP contribution in [0.15, 0.2) is 48.5 Å². The zero-order chi connectivity index (χ0) is 22.1. The molecule has 2 aromatic carbocycles. The Kier molecular flexibility index (Phi) is 8.53. The van der Waals surface area contributed by atoms with Crippen molar-refractivity contribution in [3.63, 3.8) is 0 Å². The molecule has 1 atom stereocenters. The topological polar surface area (TPSA) is 84.9 Å². The summed E-state index contributed by atoms with van der Waals surface area (Å²) in [6, 6.07) is 13.6. The first-order valence-electron chi connectivity index (χ1n) is 9.89. The molecule has 8 heteroatoms. The molecule has 0 aromatic heterocycles. The largest absolute Gasteiger partial charge is 0.497 e. The lowest BCUT2D eigenvalue weighted by Crippen LogP contribution is -2.48. The number of anilines is 1. The van der Waals surface area contributed by atoms with E-state index in [2.05, 4.69) is 5.32 Å². The number of nitrogens with one attached hydrogen (secondary N) is 1. The van der Waals surface area contributed by atoms with E-state index in [0.717, 1.165) is 34.7 Å². The molecule has 164 valence electrons. The maximum Gasteiger partial charge on any atom is 0.243 e.